The predicted octanol–water partition coefficient (Wildman–Crippen LogP) is 5.97. The third kappa shape index (κ3) is 6.71. The van der Waals surface area contributed by atoms with Crippen LogP contribution in [0.1, 0.15) is 17.3 Å². The van der Waals surface area contributed by atoms with Crippen molar-refractivity contribution < 1.29 is 14.7 Å². The zero-order chi connectivity index (χ0) is 23.1. The maximum Gasteiger partial charge on any atom is 0.337 e. The molecule has 0 fully saturated rings. The van der Waals surface area contributed by atoms with E-state index in [0.717, 1.165) is 16.3 Å². The summed E-state index contributed by atoms with van der Waals surface area (Å²) in [6.07, 6.45) is 0. The van der Waals surface area contributed by atoms with Gasteiger partial charge in [-0.1, -0.05) is 29.8 Å². The summed E-state index contributed by atoms with van der Waals surface area (Å²) in [5.41, 5.74) is 2.03. The lowest BCUT2D eigenvalue weighted by Gasteiger charge is -2.14. The summed E-state index contributed by atoms with van der Waals surface area (Å²) in [5, 5.41) is 18.3. The highest BCUT2D eigenvalue weighted by atomic mass is 35.5. The maximum atomic E-state index is 12.5. The number of hydrogen-bond donors (Lipinski definition) is 4. The first-order valence-electron chi connectivity index (χ1n) is 9.55. The van der Waals surface area contributed by atoms with Crippen LogP contribution in [-0.4, -0.2) is 27.3 Å². The summed E-state index contributed by atoms with van der Waals surface area (Å²) in [7, 11) is 0. The van der Waals surface area contributed by atoms with Crippen molar-refractivity contribution in [2.45, 2.75) is 17.1 Å². The van der Waals surface area contributed by atoms with Gasteiger partial charge in [-0.15, -0.1) is 11.8 Å². The first kappa shape index (κ1) is 23.6. The largest absolute Gasteiger partial charge is 0.478 e. The summed E-state index contributed by atoms with van der Waals surface area (Å²) in [4.78, 5) is 24.6. The molecule has 0 aromatic heterocycles. The number of anilines is 3. The minimum atomic E-state index is -1.15. The average molecular weight is 486 g/mol. The fourth-order valence-corrected chi connectivity index (χ4v) is 4.00. The van der Waals surface area contributed by atoms with Gasteiger partial charge in [-0.3, -0.25) is 4.79 Å². The van der Waals surface area contributed by atoms with Gasteiger partial charge in [0.2, 0.25) is 5.91 Å². The Bertz CT molecular complexity index is 1130. The number of nitrogens with one attached hydrogen (secondary N) is 3. The number of thiocarbonyl (C=S) groups is 1. The molecule has 0 bridgehead atoms. The van der Waals surface area contributed by atoms with Crippen molar-refractivity contribution in [3.05, 3.63) is 83.4 Å². The van der Waals surface area contributed by atoms with E-state index in [1.807, 2.05) is 54.6 Å². The predicted molar refractivity (Wildman–Crippen MR) is 135 cm³/mol. The van der Waals surface area contributed by atoms with Crippen LogP contribution in [0.25, 0.3) is 0 Å². The van der Waals surface area contributed by atoms with Crippen LogP contribution >= 0.6 is 35.6 Å². The van der Waals surface area contributed by atoms with Gasteiger partial charge in [-0.2, -0.15) is 0 Å². The number of rotatable bonds is 7. The van der Waals surface area contributed by atoms with Gasteiger partial charge in [0.05, 0.1) is 15.8 Å². The highest BCUT2D eigenvalue weighted by Crippen LogP contribution is 2.27. The second-order valence-electron chi connectivity index (χ2n) is 6.72. The van der Waals surface area contributed by atoms with Crippen molar-refractivity contribution in [2.24, 2.45) is 0 Å². The average Bonchev–Trinajstić information content (AvgIpc) is 2.76. The molecule has 3 aromatic carbocycles. The van der Waals surface area contributed by atoms with E-state index < -0.39 is 11.2 Å². The van der Waals surface area contributed by atoms with Gasteiger partial charge >= 0.3 is 5.97 Å². The number of carbonyl (C=O) groups excluding carboxylic acids is 1. The monoisotopic (exact) mass is 485 g/mol. The molecule has 0 aliphatic heterocycles. The van der Waals surface area contributed by atoms with Crippen LogP contribution in [0.5, 0.6) is 0 Å². The van der Waals surface area contributed by atoms with Gasteiger partial charge in [0.1, 0.15) is 0 Å². The first-order chi connectivity index (χ1) is 15.3. The number of benzene rings is 3. The second-order valence-corrected chi connectivity index (χ2v) is 8.95. The van der Waals surface area contributed by atoms with Crippen molar-refractivity contribution in [1.29, 1.82) is 0 Å². The van der Waals surface area contributed by atoms with Crippen molar-refractivity contribution >= 4 is 69.6 Å². The van der Waals surface area contributed by atoms with Gasteiger partial charge in [-0.25, -0.2) is 4.79 Å². The molecule has 32 heavy (non-hydrogen) atoms. The van der Waals surface area contributed by atoms with Crippen LogP contribution in [0.3, 0.4) is 0 Å². The molecule has 0 spiro atoms. The maximum absolute atomic E-state index is 12.5. The normalized spacial score (nSPS) is 11.3. The molecule has 1 atom stereocenters. The fraction of sp³-hybridized carbons (Fsp3) is 0.0870. The Morgan fingerprint density at radius 1 is 0.906 bits per heavy atom. The van der Waals surface area contributed by atoms with Crippen LogP contribution in [-0.2, 0) is 4.79 Å². The highest BCUT2D eigenvalue weighted by molar-refractivity contribution is 8.00. The number of aromatic carboxylic acids is 1. The number of halogens is 1. The molecule has 4 N–H and O–H groups in total. The van der Waals surface area contributed by atoms with Crippen molar-refractivity contribution in [2.75, 3.05) is 16.0 Å². The van der Waals surface area contributed by atoms with E-state index in [4.69, 9.17) is 28.9 Å². The van der Waals surface area contributed by atoms with E-state index in [0.29, 0.717) is 10.8 Å². The molecular weight excluding hydrogens is 466 g/mol. The van der Waals surface area contributed by atoms with Crippen LogP contribution in [0, 0.1) is 0 Å². The highest BCUT2D eigenvalue weighted by Gasteiger charge is 2.16. The van der Waals surface area contributed by atoms with Crippen molar-refractivity contribution in [3.63, 3.8) is 0 Å². The summed E-state index contributed by atoms with van der Waals surface area (Å²) < 4.78 is 0. The van der Waals surface area contributed by atoms with E-state index in [-0.39, 0.29) is 16.5 Å². The molecule has 3 rings (SSSR count). The van der Waals surface area contributed by atoms with Gasteiger partial charge in [0, 0.05) is 22.0 Å². The molecule has 0 aliphatic rings. The lowest BCUT2D eigenvalue weighted by Crippen LogP contribution is -2.22. The van der Waals surface area contributed by atoms with Crippen molar-refractivity contribution in [3.8, 4) is 0 Å². The Morgan fingerprint density at radius 3 is 2.12 bits per heavy atom. The molecule has 0 aliphatic carbocycles. The van der Waals surface area contributed by atoms with Crippen LogP contribution in [0.4, 0.5) is 17.1 Å². The standard InChI is InChI=1S/C23H20ClN3O3S2/c1-14(21(28)25-17-9-12-20(24)19(13-17)22(29)30)32-18-10-7-16(8-11-18)27-23(31)26-15-5-3-2-4-6-15/h2-14H,1H3,(H,25,28)(H,29,30)(H2,26,27,31). The lowest BCUT2D eigenvalue weighted by molar-refractivity contribution is -0.115. The number of hydrogen-bond acceptors (Lipinski definition) is 4. The van der Waals surface area contributed by atoms with E-state index in [2.05, 4.69) is 16.0 Å². The quantitative estimate of drug-likeness (QED) is 0.242. The molecule has 1 unspecified atom stereocenters. The second kappa shape index (κ2) is 11.0. The Labute approximate surface area is 200 Å². The van der Waals surface area contributed by atoms with Crippen LogP contribution in [0.2, 0.25) is 5.02 Å². The van der Waals surface area contributed by atoms with Gasteiger partial charge in [-0.05, 0) is 73.7 Å². The van der Waals surface area contributed by atoms with E-state index in [9.17, 15) is 9.59 Å². The van der Waals surface area contributed by atoms with Gasteiger partial charge in [0.15, 0.2) is 5.11 Å². The molecule has 0 radical (unpaired) electrons. The summed E-state index contributed by atoms with van der Waals surface area (Å²) >= 11 is 12.6. The molecule has 0 heterocycles. The minimum Gasteiger partial charge on any atom is -0.478 e. The van der Waals surface area contributed by atoms with E-state index in [1.54, 1.807) is 13.0 Å². The number of amides is 1. The third-order valence-electron chi connectivity index (χ3n) is 4.29. The van der Waals surface area contributed by atoms with E-state index >= 15 is 0 Å². The molecule has 0 saturated heterocycles. The topological polar surface area (TPSA) is 90.5 Å². The molecule has 3 aromatic rings. The summed E-state index contributed by atoms with van der Waals surface area (Å²) in [5.74, 6) is -1.40. The lowest BCUT2D eigenvalue weighted by atomic mass is 10.2. The number of para-hydroxylation sites is 1. The van der Waals surface area contributed by atoms with Gasteiger partial charge < -0.3 is 21.1 Å². The number of thioether (sulfide) groups is 1. The van der Waals surface area contributed by atoms with Crippen molar-refractivity contribution in [1.82, 2.24) is 0 Å². The fourth-order valence-electron chi connectivity index (χ4n) is 2.70. The molecular formula is C23H20ClN3O3S2. The van der Waals surface area contributed by atoms with E-state index in [1.165, 1.54) is 23.9 Å². The zero-order valence-electron chi connectivity index (χ0n) is 17.0. The van der Waals surface area contributed by atoms with Crippen LogP contribution in [0.15, 0.2) is 77.7 Å². The summed E-state index contributed by atoms with van der Waals surface area (Å²) in [6.45, 7) is 1.78. The molecule has 6 nitrogen and oxygen atoms in total. The molecule has 9 heteroatoms. The molecule has 1 amide bonds. The number of carboxylic acids is 1. The Hall–Kier alpha value is -3.07. The minimum absolute atomic E-state index is 0.0625. The number of carbonyl (C=O) groups is 2. The Kier molecular flexibility index (Phi) is 8.10. The smallest absolute Gasteiger partial charge is 0.337 e. The first-order valence-corrected chi connectivity index (χ1v) is 11.2. The third-order valence-corrected chi connectivity index (χ3v) is 5.94. The molecule has 0 saturated carbocycles. The Morgan fingerprint density at radius 2 is 1.50 bits per heavy atom. The molecule has 164 valence electrons. The SMILES string of the molecule is CC(Sc1ccc(NC(=S)Nc2ccccc2)cc1)C(=O)Nc1ccc(Cl)c(C(=O)O)c1. The van der Waals surface area contributed by atoms with Gasteiger partial charge in [0.25, 0.3) is 0 Å². The zero-order valence-corrected chi connectivity index (χ0v) is 19.4. The number of carboxylic acid groups (broad SMARTS) is 1. The van der Waals surface area contributed by atoms with Crippen LogP contribution < -0.4 is 16.0 Å². The Balaban J connectivity index is 1.54. The summed E-state index contributed by atoms with van der Waals surface area (Å²) in [6, 6.07) is 21.5.